The largest absolute Gasteiger partial charge is 0.308 e. The van der Waals surface area contributed by atoms with Crippen molar-refractivity contribution in [2.24, 2.45) is 0 Å². The number of nitro benzene ring substituents is 1. The third-order valence-electron chi connectivity index (χ3n) is 2.52. The van der Waals surface area contributed by atoms with E-state index in [9.17, 15) is 10.1 Å². The van der Waals surface area contributed by atoms with Crippen molar-refractivity contribution < 1.29 is 4.92 Å². The van der Waals surface area contributed by atoms with Crippen LogP contribution in [0.3, 0.4) is 0 Å². The molecular formula is C12H9N3O2. The molecule has 2 rings (SSSR count). The van der Waals surface area contributed by atoms with E-state index in [4.69, 9.17) is 5.26 Å². The Bertz CT molecular complexity index is 623. The number of nitro groups is 1. The molecule has 84 valence electrons. The molecule has 0 bridgehead atoms. The van der Waals surface area contributed by atoms with Crippen LogP contribution in [0.5, 0.6) is 0 Å². The number of rotatable bonds is 2. The molecule has 0 aliphatic rings. The number of hydrogen-bond donors (Lipinski definition) is 0. The van der Waals surface area contributed by atoms with Crippen molar-refractivity contribution >= 4 is 5.69 Å². The standard InChI is InChI=1S/C12H9N3O2/c1-9-7-10(4-5-12(9)15(16)17)14-6-2-3-11(14)8-13/h2-7H,1H3. The Labute approximate surface area is 97.7 Å². The fourth-order valence-electron chi connectivity index (χ4n) is 1.69. The second-order valence-electron chi connectivity index (χ2n) is 3.60. The van der Waals surface area contributed by atoms with Gasteiger partial charge in [0.2, 0.25) is 0 Å². The quantitative estimate of drug-likeness (QED) is 0.584. The predicted octanol–water partition coefficient (Wildman–Crippen LogP) is 2.57. The fraction of sp³-hybridized carbons (Fsp3) is 0.0833. The summed E-state index contributed by atoms with van der Waals surface area (Å²) in [4.78, 5) is 10.3. The molecule has 0 radical (unpaired) electrons. The molecule has 0 spiro atoms. The molecule has 0 fully saturated rings. The molecule has 0 aliphatic heterocycles. The number of nitriles is 1. The van der Waals surface area contributed by atoms with Gasteiger partial charge in [0.15, 0.2) is 0 Å². The van der Waals surface area contributed by atoms with E-state index in [0.29, 0.717) is 11.3 Å². The number of hydrogen-bond acceptors (Lipinski definition) is 3. The Morgan fingerprint density at radius 2 is 2.18 bits per heavy atom. The first-order chi connectivity index (χ1) is 8.13. The van der Waals surface area contributed by atoms with Gasteiger partial charge in [-0.05, 0) is 31.2 Å². The van der Waals surface area contributed by atoms with Gasteiger partial charge in [-0.2, -0.15) is 5.26 Å². The minimum Gasteiger partial charge on any atom is -0.308 e. The maximum absolute atomic E-state index is 10.7. The average Bonchev–Trinajstić information content (AvgIpc) is 2.76. The molecule has 1 aromatic carbocycles. The lowest BCUT2D eigenvalue weighted by molar-refractivity contribution is -0.385. The summed E-state index contributed by atoms with van der Waals surface area (Å²) in [5.74, 6) is 0. The van der Waals surface area contributed by atoms with Crippen LogP contribution in [0, 0.1) is 28.4 Å². The molecule has 0 amide bonds. The highest BCUT2D eigenvalue weighted by molar-refractivity contribution is 5.49. The summed E-state index contributed by atoms with van der Waals surface area (Å²) in [7, 11) is 0. The van der Waals surface area contributed by atoms with Crippen molar-refractivity contribution in [2.45, 2.75) is 6.92 Å². The second kappa shape index (κ2) is 4.10. The van der Waals surface area contributed by atoms with E-state index < -0.39 is 4.92 Å². The smallest absolute Gasteiger partial charge is 0.272 e. The Morgan fingerprint density at radius 3 is 2.76 bits per heavy atom. The van der Waals surface area contributed by atoms with Crippen LogP contribution in [0.1, 0.15) is 11.3 Å². The Balaban J connectivity index is 2.53. The fourth-order valence-corrected chi connectivity index (χ4v) is 1.69. The predicted molar refractivity (Wildman–Crippen MR) is 61.9 cm³/mol. The zero-order chi connectivity index (χ0) is 12.4. The minimum atomic E-state index is -0.417. The van der Waals surface area contributed by atoms with Crippen molar-refractivity contribution in [2.75, 3.05) is 0 Å². The molecular weight excluding hydrogens is 218 g/mol. The van der Waals surface area contributed by atoms with Crippen molar-refractivity contribution in [1.82, 2.24) is 4.57 Å². The van der Waals surface area contributed by atoms with E-state index in [1.54, 1.807) is 42.0 Å². The molecule has 1 heterocycles. The Kier molecular flexibility index (Phi) is 2.63. The summed E-state index contributed by atoms with van der Waals surface area (Å²) < 4.78 is 1.69. The van der Waals surface area contributed by atoms with E-state index in [-0.39, 0.29) is 5.69 Å². The van der Waals surface area contributed by atoms with Crippen LogP contribution in [0.15, 0.2) is 36.5 Å². The van der Waals surface area contributed by atoms with Crippen LogP contribution in [-0.2, 0) is 0 Å². The third kappa shape index (κ3) is 1.88. The number of aryl methyl sites for hydroxylation is 1. The molecule has 0 aliphatic carbocycles. The number of aromatic nitrogens is 1. The second-order valence-corrected chi connectivity index (χ2v) is 3.60. The first-order valence-corrected chi connectivity index (χ1v) is 4.96. The Morgan fingerprint density at radius 1 is 1.41 bits per heavy atom. The van der Waals surface area contributed by atoms with Gasteiger partial charge in [0.05, 0.1) is 4.92 Å². The van der Waals surface area contributed by atoms with Crippen molar-refractivity contribution in [3.05, 3.63) is 57.9 Å². The van der Waals surface area contributed by atoms with Crippen LogP contribution >= 0.6 is 0 Å². The summed E-state index contributed by atoms with van der Waals surface area (Å²) in [6, 6.07) is 10.3. The van der Waals surface area contributed by atoms with Crippen LogP contribution in [0.25, 0.3) is 5.69 Å². The first-order valence-electron chi connectivity index (χ1n) is 4.96. The van der Waals surface area contributed by atoms with Gasteiger partial charge in [-0.3, -0.25) is 10.1 Å². The van der Waals surface area contributed by atoms with Crippen LogP contribution in [0.2, 0.25) is 0 Å². The molecule has 1 aromatic heterocycles. The number of benzene rings is 1. The van der Waals surface area contributed by atoms with Crippen molar-refractivity contribution in [1.29, 1.82) is 5.26 Å². The summed E-state index contributed by atoms with van der Waals surface area (Å²) in [5, 5.41) is 19.6. The van der Waals surface area contributed by atoms with E-state index in [2.05, 4.69) is 6.07 Å². The zero-order valence-electron chi connectivity index (χ0n) is 9.12. The molecule has 0 N–H and O–H groups in total. The monoisotopic (exact) mass is 227 g/mol. The van der Waals surface area contributed by atoms with Gasteiger partial charge in [0.1, 0.15) is 11.8 Å². The lowest BCUT2D eigenvalue weighted by Crippen LogP contribution is -1.98. The summed E-state index contributed by atoms with van der Waals surface area (Å²) in [6.07, 6.45) is 1.75. The molecule has 0 saturated carbocycles. The topological polar surface area (TPSA) is 71.9 Å². The highest BCUT2D eigenvalue weighted by Gasteiger charge is 2.11. The first kappa shape index (κ1) is 10.9. The number of nitrogens with zero attached hydrogens (tertiary/aromatic N) is 3. The average molecular weight is 227 g/mol. The summed E-state index contributed by atoms with van der Waals surface area (Å²) in [5.41, 5.74) is 1.90. The van der Waals surface area contributed by atoms with E-state index >= 15 is 0 Å². The highest BCUT2D eigenvalue weighted by Crippen LogP contribution is 2.22. The van der Waals surface area contributed by atoms with Gasteiger partial charge >= 0.3 is 0 Å². The van der Waals surface area contributed by atoms with Gasteiger partial charge in [0.25, 0.3) is 5.69 Å². The molecule has 0 atom stereocenters. The maximum Gasteiger partial charge on any atom is 0.272 e. The summed E-state index contributed by atoms with van der Waals surface area (Å²) in [6.45, 7) is 1.68. The van der Waals surface area contributed by atoms with Crippen molar-refractivity contribution in [3.8, 4) is 11.8 Å². The molecule has 5 nitrogen and oxygen atoms in total. The Hall–Kier alpha value is -2.61. The molecule has 0 unspecified atom stereocenters. The lowest BCUT2D eigenvalue weighted by Gasteiger charge is -2.05. The molecule has 0 saturated heterocycles. The van der Waals surface area contributed by atoms with E-state index in [1.807, 2.05) is 0 Å². The molecule has 5 heteroatoms. The normalized spacial score (nSPS) is 9.88. The lowest BCUT2D eigenvalue weighted by atomic mass is 10.2. The van der Waals surface area contributed by atoms with Crippen molar-refractivity contribution in [3.63, 3.8) is 0 Å². The van der Waals surface area contributed by atoms with Gasteiger partial charge < -0.3 is 4.57 Å². The van der Waals surface area contributed by atoms with Crippen LogP contribution in [0.4, 0.5) is 5.69 Å². The van der Waals surface area contributed by atoms with E-state index in [1.165, 1.54) is 6.07 Å². The van der Waals surface area contributed by atoms with E-state index in [0.717, 1.165) is 5.69 Å². The third-order valence-corrected chi connectivity index (χ3v) is 2.52. The zero-order valence-corrected chi connectivity index (χ0v) is 9.12. The van der Waals surface area contributed by atoms with Gasteiger partial charge in [-0.1, -0.05) is 0 Å². The molecule has 2 aromatic rings. The maximum atomic E-state index is 10.7. The molecule has 17 heavy (non-hydrogen) atoms. The van der Waals surface area contributed by atoms with Crippen LogP contribution < -0.4 is 0 Å². The van der Waals surface area contributed by atoms with Gasteiger partial charge in [-0.25, -0.2) is 0 Å². The van der Waals surface area contributed by atoms with Gasteiger partial charge in [0, 0.05) is 23.5 Å². The van der Waals surface area contributed by atoms with Gasteiger partial charge in [-0.15, -0.1) is 0 Å². The minimum absolute atomic E-state index is 0.0828. The summed E-state index contributed by atoms with van der Waals surface area (Å²) >= 11 is 0. The SMILES string of the molecule is Cc1cc(-n2cccc2C#N)ccc1[N+](=O)[O-]. The highest BCUT2D eigenvalue weighted by atomic mass is 16.6. The van der Waals surface area contributed by atoms with Crippen LogP contribution in [-0.4, -0.2) is 9.49 Å².